The van der Waals surface area contributed by atoms with E-state index < -0.39 is 0 Å². The maximum absolute atomic E-state index is 12.3. The summed E-state index contributed by atoms with van der Waals surface area (Å²) >= 11 is 5.92. The van der Waals surface area contributed by atoms with Crippen LogP contribution in [-0.2, 0) is 14.3 Å². The third-order valence-electron chi connectivity index (χ3n) is 4.19. The highest BCUT2D eigenvalue weighted by atomic mass is 35.5. The van der Waals surface area contributed by atoms with Gasteiger partial charge in [-0.15, -0.1) is 0 Å². The number of anilines is 1. The second-order valence-electron chi connectivity index (χ2n) is 6.84. The summed E-state index contributed by atoms with van der Waals surface area (Å²) in [6.07, 6.45) is 0.282. The first-order valence-corrected chi connectivity index (χ1v) is 9.46. The minimum atomic E-state index is -0.151. The Morgan fingerprint density at radius 3 is 2.42 bits per heavy atom. The molecule has 7 heteroatoms. The van der Waals surface area contributed by atoms with Crippen molar-refractivity contribution in [1.82, 2.24) is 10.2 Å². The minimum absolute atomic E-state index is 0.0443. The Morgan fingerprint density at radius 1 is 1.15 bits per heavy atom. The Hall–Kier alpha value is -1.79. The van der Waals surface area contributed by atoms with E-state index in [1.54, 1.807) is 4.90 Å². The molecule has 1 aromatic carbocycles. The van der Waals surface area contributed by atoms with Gasteiger partial charge in [-0.05, 0) is 30.2 Å². The van der Waals surface area contributed by atoms with Gasteiger partial charge >= 0.3 is 0 Å². The van der Waals surface area contributed by atoms with E-state index in [9.17, 15) is 9.59 Å². The van der Waals surface area contributed by atoms with Crippen LogP contribution < -0.4 is 10.2 Å². The molecule has 1 saturated heterocycles. The van der Waals surface area contributed by atoms with Gasteiger partial charge in [0.15, 0.2) is 0 Å². The molecule has 0 radical (unpaired) electrons. The van der Waals surface area contributed by atoms with Crippen LogP contribution in [0.5, 0.6) is 0 Å². The fourth-order valence-electron chi connectivity index (χ4n) is 2.72. The van der Waals surface area contributed by atoms with Crippen molar-refractivity contribution in [2.24, 2.45) is 5.92 Å². The van der Waals surface area contributed by atoms with Gasteiger partial charge in [0.05, 0.1) is 13.2 Å². The lowest BCUT2D eigenvalue weighted by Gasteiger charge is -2.36. The van der Waals surface area contributed by atoms with Crippen molar-refractivity contribution < 1.29 is 14.3 Å². The number of halogens is 1. The zero-order chi connectivity index (χ0) is 18.9. The number of rotatable bonds is 8. The highest BCUT2D eigenvalue weighted by molar-refractivity contribution is 6.30. The normalized spacial score (nSPS) is 14.6. The number of ether oxygens (including phenoxy) is 1. The molecular formula is C19H28ClN3O3. The molecule has 0 unspecified atom stereocenters. The molecule has 1 heterocycles. The maximum Gasteiger partial charge on any atom is 0.242 e. The molecule has 0 atom stereocenters. The van der Waals surface area contributed by atoms with E-state index in [4.69, 9.17) is 16.3 Å². The lowest BCUT2D eigenvalue weighted by molar-refractivity contribution is -0.133. The zero-order valence-corrected chi connectivity index (χ0v) is 16.3. The predicted molar refractivity (Wildman–Crippen MR) is 104 cm³/mol. The minimum Gasteiger partial charge on any atom is -0.381 e. The maximum atomic E-state index is 12.3. The fraction of sp³-hybridized carbons (Fsp3) is 0.579. The standard InChI is InChI=1S/C19H28ClN3O3/c1-15(2)14-26-12-7-18(24)21-13-19(25)23-10-8-22(9-11-23)17-5-3-16(20)4-6-17/h3-6,15H,7-14H2,1-2H3,(H,21,24). The molecule has 1 N–H and O–H groups in total. The smallest absolute Gasteiger partial charge is 0.242 e. The summed E-state index contributed by atoms with van der Waals surface area (Å²) in [5.74, 6) is 0.255. The van der Waals surface area contributed by atoms with E-state index in [2.05, 4.69) is 24.1 Å². The van der Waals surface area contributed by atoms with Gasteiger partial charge in [-0.1, -0.05) is 25.4 Å². The van der Waals surface area contributed by atoms with Crippen molar-refractivity contribution in [1.29, 1.82) is 0 Å². The highest BCUT2D eigenvalue weighted by Crippen LogP contribution is 2.19. The van der Waals surface area contributed by atoms with Crippen molar-refractivity contribution >= 4 is 29.1 Å². The Labute approximate surface area is 160 Å². The van der Waals surface area contributed by atoms with E-state index in [0.29, 0.717) is 37.2 Å². The quantitative estimate of drug-likeness (QED) is 0.701. The summed E-state index contributed by atoms with van der Waals surface area (Å²) < 4.78 is 5.38. The summed E-state index contributed by atoms with van der Waals surface area (Å²) in [6.45, 7) is 8.03. The van der Waals surface area contributed by atoms with Crippen LogP contribution in [0.4, 0.5) is 5.69 Å². The number of carbonyl (C=O) groups is 2. The number of benzene rings is 1. The predicted octanol–water partition coefficient (Wildman–Crippen LogP) is 2.17. The largest absolute Gasteiger partial charge is 0.381 e. The number of hydrogen-bond donors (Lipinski definition) is 1. The van der Waals surface area contributed by atoms with E-state index in [1.165, 1.54) is 0 Å². The van der Waals surface area contributed by atoms with Crippen LogP contribution in [0.15, 0.2) is 24.3 Å². The third kappa shape index (κ3) is 6.84. The Bertz CT molecular complexity index is 584. The highest BCUT2D eigenvalue weighted by Gasteiger charge is 2.21. The lowest BCUT2D eigenvalue weighted by Crippen LogP contribution is -2.51. The van der Waals surface area contributed by atoms with E-state index in [-0.39, 0.29) is 24.8 Å². The fourth-order valence-corrected chi connectivity index (χ4v) is 2.85. The van der Waals surface area contributed by atoms with Crippen LogP contribution >= 0.6 is 11.6 Å². The average Bonchev–Trinajstić information content (AvgIpc) is 2.64. The van der Waals surface area contributed by atoms with Gasteiger partial charge in [0.25, 0.3) is 0 Å². The van der Waals surface area contributed by atoms with Crippen molar-refractivity contribution in [3.05, 3.63) is 29.3 Å². The molecular weight excluding hydrogens is 354 g/mol. The van der Waals surface area contributed by atoms with Crippen molar-refractivity contribution in [2.75, 3.05) is 50.8 Å². The summed E-state index contributed by atoms with van der Waals surface area (Å²) in [5, 5.41) is 3.39. The van der Waals surface area contributed by atoms with Gasteiger partial charge < -0.3 is 19.9 Å². The van der Waals surface area contributed by atoms with Gasteiger partial charge in [0, 0.05) is 49.9 Å². The van der Waals surface area contributed by atoms with Crippen LogP contribution in [0.1, 0.15) is 20.3 Å². The van der Waals surface area contributed by atoms with Crippen molar-refractivity contribution in [3.8, 4) is 0 Å². The van der Waals surface area contributed by atoms with Crippen molar-refractivity contribution in [2.45, 2.75) is 20.3 Å². The topological polar surface area (TPSA) is 61.9 Å². The molecule has 1 fully saturated rings. The number of nitrogens with zero attached hydrogens (tertiary/aromatic N) is 2. The molecule has 0 aromatic heterocycles. The van der Waals surface area contributed by atoms with Gasteiger partial charge in [-0.3, -0.25) is 9.59 Å². The molecule has 1 aliphatic heterocycles. The van der Waals surface area contributed by atoms with E-state index >= 15 is 0 Å². The second kappa shape index (κ2) is 10.4. The molecule has 0 bridgehead atoms. The number of hydrogen-bond acceptors (Lipinski definition) is 4. The molecule has 0 spiro atoms. The van der Waals surface area contributed by atoms with Gasteiger partial charge in [-0.2, -0.15) is 0 Å². The molecule has 6 nitrogen and oxygen atoms in total. The Morgan fingerprint density at radius 2 is 1.81 bits per heavy atom. The first kappa shape index (κ1) is 20.5. The molecule has 1 aromatic rings. The third-order valence-corrected chi connectivity index (χ3v) is 4.44. The summed E-state index contributed by atoms with van der Waals surface area (Å²) in [6, 6.07) is 7.71. The SMILES string of the molecule is CC(C)COCCC(=O)NCC(=O)N1CCN(c2ccc(Cl)cc2)CC1. The van der Waals surface area contributed by atoms with Crippen molar-refractivity contribution in [3.63, 3.8) is 0 Å². The monoisotopic (exact) mass is 381 g/mol. The molecule has 144 valence electrons. The number of piperazine rings is 1. The van der Waals surface area contributed by atoms with Crippen LogP contribution in [0.3, 0.4) is 0 Å². The van der Waals surface area contributed by atoms with Crippen LogP contribution in [0, 0.1) is 5.92 Å². The van der Waals surface area contributed by atoms with Gasteiger partial charge in [0.1, 0.15) is 0 Å². The van der Waals surface area contributed by atoms with Crippen LogP contribution in [-0.4, -0.2) is 62.7 Å². The molecule has 0 aliphatic carbocycles. The average molecular weight is 382 g/mol. The number of carbonyl (C=O) groups excluding carboxylic acids is 2. The molecule has 0 saturated carbocycles. The van der Waals surface area contributed by atoms with E-state index in [1.807, 2.05) is 24.3 Å². The molecule has 2 amide bonds. The number of amides is 2. The molecule has 26 heavy (non-hydrogen) atoms. The first-order chi connectivity index (χ1) is 12.5. The van der Waals surface area contributed by atoms with Crippen LogP contribution in [0.25, 0.3) is 0 Å². The summed E-state index contributed by atoms with van der Waals surface area (Å²) in [4.78, 5) is 28.0. The Balaban J connectivity index is 1.65. The second-order valence-corrected chi connectivity index (χ2v) is 7.28. The molecule has 1 aliphatic rings. The zero-order valence-electron chi connectivity index (χ0n) is 15.5. The van der Waals surface area contributed by atoms with Gasteiger partial charge in [-0.25, -0.2) is 0 Å². The Kier molecular flexibility index (Phi) is 8.19. The summed E-state index contributed by atoms with van der Waals surface area (Å²) in [7, 11) is 0. The van der Waals surface area contributed by atoms with E-state index in [0.717, 1.165) is 18.8 Å². The van der Waals surface area contributed by atoms with Crippen LogP contribution in [0.2, 0.25) is 5.02 Å². The molecule has 2 rings (SSSR count). The summed E-state index contributed by atoms with van der Waals surface area (Å²) in [5.41, 5.74) is 1.11. The lowest BCUT2D eigenvalue weighted by atomic mass is 10.2. The van der Waals surface area contributed by atoms with Gasteiger partial charge in [0.2, 0.25) is 11.8 Å². The number of nitrogens with one attached hydrogen (secondary N) is 1. The first-order valence-electron chi connectivity index (χ1n) is 9.08.